The van der Waals surface area contributed by atoms with E-state index in [0.29, 0.717) is 38.5 Å². The van der Waals surface area contributed by atoms with Gasteiger partial charge in [-0.3, -0.25) is 4.79 Å². The number of hydrogen-bond donors (Lipinski definition) is 4. The molecule has 0 heterocycles. The van der Waals surface area contributed by atoms with Crippen molar-refractivity contribution >= 4 is 24.3 Å². The molecule has 0 aromatic rings. The maximum Gasteiger partial charge on any atom is 0.315 e. The van der Waals surface area contributed by atoms with Crippen LogP contribution in [0.5, 0.6) is 0 Å². The molecule has 1 fully saturated rings. The van der Waals surface area contributed by atoms with E-state index in [-0.39, 0.29) is 24.3 Å². The highest BCUT2D eigenvalue weighted by molar-refractivity contribution is 5.85. The fraction of sp³-hybridized carbons (Fsp3) is 0.867. The Labute approximate surface area is 139 Å². The van der Waals surface area contributed by atoms with E-state index in [1.807, 2.05) is 0 Å². The van der Waals surface area contributed by atoms with E-state index in [0.717, 1.165) is 25.7 Å². The summed E-state index contributed by atoms with van der Waals surface area (Å²) in [5.74, 6) is 0.0431. The highest BCUT2D eigenvalue weighted by Crippen LogP contribution is 2.17. The molecule has 130 valence electrons. The molecular formula is C15H31ClN4O2. The molecule has 0 radical (unpaired) electrons. The topological polar surface area (TPSA) is 96.2 Å². The van der Waals surface area contributed by atoms with Crippen molar-refractivity contribution < 1.29 is 9.59 Å². The van der Waals surface area contributed by atoms with Crippen LogP contribution in [0, 0.1) is 0 Å². The van der Waals surface area contributed by atoms with Gasteiger partial charge in [0.25, 0.3) is 0 Å². The van der Waals surface area contributed by atoms with E-state index in [1.165, 1.54) is 19.3 Å². The van der Waals surface area contributed by atoms with Gasteiger partial charge in [-0.2, -0.15) is 0 Å². The van der Waals surface area contributed by atoms with Gasteiger partial charge in [-0.25, -0.2) is 4.79 Å². The zero-order valence-electron chi connectivity index (χ0n) is 13.4. The van der Waals surface area contributed by atoms with Crippen LogP contribution in [0.25, 0.3) is 0 Å². The lowest BCUT2D eigenvalue weighted by Crippen LogP contribution is -2.43. The first kappa shape index (κ1) is 21.0. The third kappa shape index (κ3) is 10.7. The molecule has 0 unspecified atom stereocenters. The van der Waals surface area contributed by atoms with Gasteiger partial charge in [-0.1, -0.05) is 19.3 Å². The molecule has 0 aromatic carbocycles. The van der Waals surface area contributed by atoms with Crippen molar-refractivity contribution in [3.63, 3.8) is 0 Å². The first-order valence-electron chi connectivity index (χ1n) is 8.23. The summed E-state index contributed by atoms with van der Waals surface area (Å²) in [6.45, 7) is 1.89. The van der Waals surface area contributed by atoms with Crippen molar-refractivity contribution in [2.45, 2.75) is 63.8 Å². The smallest absolute Gasteiger partial charge is 0.315 e. The minimum atomic E-state index is -0.106. The standard InChI is InChI=1S/C15H30N4O2.ClH/c16-10-4-5-11-17-14(20)9-6-12-18-15(21)19-13-7-2-1-3-8-13;/h13H,1-12,16H2,(H,17,20)(H2,18,19,21);1H. The van der Waals surface area contributed by atoms with Gasteiger partial charge in [0.05, 0.1) is 0 Å². The highest BCUT2D eigenvalue weighted by atomic mass is 35.5. The molecule has 5 N–H and O–H groups in total. The third-order valence-corrected chi connectivity index (χ3v) is 3.76. The van der Waals surface area contributed by atoms with Crippen LogP contribution in [-0.4, -0.2) is 37.6 Å². The van der Waals surface area contributed by atoms with E-state index in [4.69, 9.17) is 5.73 Å². The number of urea groups is 1. The second kappa shape index (κ2) is 13.6. The third-order valence-electron chi connectivity index (χ3n) is 3.76. The van der Waals surface area contributed by atoms with Crippen molar-refractivity contribution in [3.8, 4) is 0 Å². The Balaban J connectivity index is 0.00000441. The SMILES string of the molecule is Cl.NCCCCNC(=O)CCCNC(=O)NC1CCCCC1. The molecule has 22 heavy (non-hydrogen) atoms. The van der Waals surface area contributed by atoms with Crippen molar-refractivity contribution in [3.05, 3.63) is 0 Å². The number of rotatable bonds is 9. The van der Waals surface area contributed by atoms with E-state index in [2.05, 4.69) is 16.0 Å². The maximum atomic E-state index is 11.7. The normalized spacial score (nSPS) is 14.8. The summed E-state index contributed by atoms with van der Waals surface area (Å²) in [5.41, 5.74) is 5.38. The zero-order valence-corrected chi connectivity index (χ0v) is 14.2. The van der Waals surface area contributed by atoms with Crippen LogP contribution in [0.4, 0.5) is 4.79 Å². The average molecular weight is 335 g/mol. The molecule has 0 atom stereocenters. The number of unbranched alkanes of at least 4 members (excludes halogenated alkanes) is 1. The molecule has 0 aliphatic heterocycles. The van der Waals surface area contributed by atoms with Crippen LogP contribution in [0.2, 0.25) is 0 Å². The molecule has 0 bridgehead atoms. The van der Waals surface area contributed by atoms with Gasteiger partial charge in [0.15, 0.2) is 0 Å². The van der Waals surface area contributed by atoms with Crippen LogP contribution in [0.15, 0.2) is 0 Å². The minimum absolute atomic E-state index is 0. The van der Waals surface area contributed by atoms with E-state index < -0.39 is 0 Å². The second-order valence-electron chi connectivity index (χ2n) is 5.68. The summed E-state index contributed by atoms with van der Waals surface area (Å²) < 4.78 is 0. The Morgan fingerprint density at radius 2 is 1.64 bits per heavy atom. The first-order valence-corrected chi connectivity index (χ1v) is 8.23. The summed E-state index contributed by atoms with van der Waals surface area (Å²) in [4.78, 5) is 23.2. The Bertz CT molecular complexity index is 310. The molecular weight excluding hydrogens is 304 g/mol. The lowest BCUT2D eigenvalue weighted by atomic mass is 9.96. The number of hydrogen-bond acceptors (Lipinski definition) is 3. The van der Waals surface area contributed by atoms with Crippen molar-refractivity contribution in [2.24, 2.45) is 5.73 Å². The largest absolute Gasteiger partial charge is 0.356 e. The van der Waals surface area contributed by atoms with Crippen LogP contribution >= 0.6 is 12.4 Å². The Morgan fingerprint density at radius 3 is 2.32 bits per heavy atom. The van der Waals surface area contributed by atoms with Crippen molar-refractivity contribution in [1.29, 1.82) is 0 Å². The summed E-state index contributed by atoms with van der Waals surface area (Å²) in [5, 5.41) is 8.66. The van der Waals surface area contributed by atoms with Crippen LogP contribution in [0.1, 0.15) is 57.8 Å². The maximum absolute atomic E-state index is 11.7. The minimum Gasteiger partial charge on any atom is -0.356 e. The van der Waals surface area contributed by atoms with Crippen LogP contribution in [-0.2, 0) is 4.79 Å². The van der Waals surface area contributed by atoms with Gasteiger partial charge >= 0.3 is 6.03 Å². The Morgan fingerprint density at radius 1 is 0.955 bits per heavy atom. The van der Waals surface area contributed by atoms with E-state index >= 15 is 0 Å². The molecule has 1 rings (SSSR count). The predicted molar refractivity (Wildman–Crippen MR) is 91.2 cm³/mol. The second-order valence-corrected chi connectivity index (χ2v) is 5.68. The van der Waals surface area contributed by atoms with Crippen LogP contribution in [0.3, 0.4) is 0 Å². The fourth-order valence-electron chi connectivity index (χ4n) is 2.52. The lowest BCUT2D eigenvalue weighted by Gasteiger charge is -2.22. The van der Waals surface area contributed by atoms with Crippen molar-refractivity contribution in [1.82, 2.24) is 16.0 Å². The number of carbonyl (C=O) groups excluding carboxylic acids is 2. The van der Waals surface area contributed by atoms with Gasteiger partial charge in [0.2, 0.25) is 5.91 Å². The molecule has 1 aliphatic carbocycles. The van der Waals surface area contributed by atoms with Crippen molar-refractivity contribution in [2.75, 3.05) is 19.6 Å². The summed E-state index contributed by atoms with van der Waals surface area (Å²) in [6, 6.07) is 0.217. The molecule has 0 saturated heterocycles. The monoisotopic (exact) mass is 334 g/mol. The molecule has 1 saturated carbocycles. The van der Waals surface area contributed by atoms with Gasteiger partial charge in [-0.15, -0.1) is 12.4 Å². The summed E-state index contributed by atoms with van der Waals surface area (Å²) in [6.07, 6.45) is 8.82. The first-order chi connectivity index (χ1) is 10.2. The van der Waals surface area contributed by atoms with Gasteiger partial charge in [0, 0.05) is 25.6 Å². The molecule has 0 spiro atoms. The van der Waals surface area contributed by atoms with Gasteiger partial charge < -0.3 is 21.7 Å². The predicted octanol–water partition coefficient (Wildman–Crippen LogP) is 1.68. The molecule has 6 nitrogen and oxygen atoms in total. The number of carbonyl (C=O) groups is 2. The average Bonchev–Trinajstić information content (AvgIpc) is 2.49. The Hall–Kier alpha value is -1.01. The highest BCUT2D eigenvalue weighted by Gasteiger charge is 2.15. The molecule has 7 heteroatoms. The van der Waals surface area contributed by atoms with Crippen LogP contribution < -0.4 is 21.7 Å². The fourth-order valence-corrected chi connectivity index (χ4v) is 2.52. The zero-order chi connectivity index (χ0) is 15.3. The van der Waals surface area contributed by atoms with Gasteiger partial charge in [0.1, 0.15) is 0 Å². The number of nitrogens with two attached hydrogens (primary N) is 1. The van der Waals surface area contributed by atoms with Gasteiger partial charge in [-0.05, 0) is 38.6 Å². The molecule has 3 amide bonds. The molecule has 0 aromatic heterocycles. The molecule has 1 aliphatic rings. The number of nitrogens with one attached hydrogen (secondary N) is 3. The van der Waals surface area contributed by atoms with E-state index in [1.54, 1.807) is 0 Å². The number of amides is 3. The number of halogens is 1. The quantitative estimate of drug-likeness (QED) is 0.483. The lowest BCUT2D eigenvalue weighted by molar-refractivity contribution is -0.121. The van der Waals surface area contributed by atoms with E-state index in [9.17, 15) is 9.59 Å². The summed E-state index contributed by atoms with van der Waals surface area (Å²) in [7, 11) is 0. The Kier molecular flexibility index (Phi) is 13.0. The summed E-state index contributed by atoms with van der Waals surface area (Å²) >= 11 is 0.